The maximum Gasteiger partial charge on any atom is 0.0254 e. The lowest BCUT2D eigenvalue weighted by Gasteiger charge is -2.22. The topological polar surface area (TPSA) is 29.3 Å². The number of hydrogen-bond acceptors (Lipinski definition) is 2. The van der Waals surface area contributed by atoms with Gasteiger partial charge in [-0.1, -0.05) is 30.3 Å². The molecule has 2 aliphatic heterocycles. The van der Waals surface area contributed by atoms with Crippen molar-refractivity contribution in [1.29, 1.82) is 0 Å². The lowest BCUT2D eigenvalue weighted by molar-refractivity contribution is 0.239. The first-order valence-corrected chi connectivity index (χ1v) is 5.90. The monoisotopic (exact) mass is 202 g/mol. The van der Waals surface area contributed by atoms with Gasteiger partial charge in [0, 0.05) is 24.7 Å². The Hall–Kier alpha value is -0.860. The quantitative estimate of drug-likeness (QED) is 0.791. The highest BCUT2D eigenvalue weighted by atomic mass is 15.3. The van der Waals surface area contributed by atoms with Gasteiger partial charge >= 0.3 is 0 Å². The molecule has 0 radical (unpaired) electrons. The van der Waals surface area contributed by atoms with Gasteiger partial charge in [0.15, 0.2) is 0 Å². The molecule has 2 heterocycles. The average Bonchev–Trinajstić information content (AvgIpc) is 2.76. The number of benzene rings is 1. The fraction of sp³-hybridized carbons (Fsp3) is 0.538. The smallest absolute Gasteiger partial charge is 0.0254 e. The summed E-state index contributed by atoms with van der Waals surface area (Å²) in [6.07, 6.45) is 3.86. The van der Waals surface area contributed by atoms with Crippen LogP contribution in [0.5, 0.6) is 0 Å². The van der Waals surface area contributed by atoms with Crippen molar-refractivity contribution in [3.05, 3.63) is 35.9 Å². The van der Waals surface area contributed by atoms with E-state index in [0.29, 0.717) is 12.1 Å². The highest BCUT2D eigenvalue weighted by Crippen LogP contribution is 2.37. The molecule has 2 saturated heterocycles. The summed E-state index contributed by atoms with van der Waals surface area (Å²) in [5, 5.41) is 0. The van der Waals surface area contributed by atoms with E-state index >= 15 is 0 Å². The van der Waals surface area contributed by atoms with Gasteiger partial charge in [-0.3, -0.25) is 4.90 Å². The van der Waals surface area contributed by atoms with Gasteiger partial charge in [-0.05, 0) is 24.8 Å². The van der Waals surface area contributed by atoms with E-state index < -0.39 is 0 Å². The van der Waals surface area contributed by atoms with Gasteiger partial charge in [0.25, 0.3) is 0 Å². The van der Waals surface area contributed by atoms with Crippen molar-refractivity contribution in [1.82, 2.24) is 4.90 Å². The van der Waals surface area contributed by atoms with E-state index in [9.17, 15) is 0 Å². The summed E-state index contributed by atoms with van der Waals surface area (Å²) in [5.74, 6) is 0. The molecule has 2 nitrogen and oxygen atoms in total. The molecule has 2 fully saturated rings. The first-order chi connectivity index (χ1) is 7.34. The minimum absolute atomic E-state index is 0.424. The molecule has 0 amide bonds. The second-order valence-corrected chi connectivity index (χ2v) is 4.86. The first kappa shape index (κ1) is 9.37. The zero-order valence-corrected chi connectivity index (χ0v) is 8.97. The maximum atomic E-state index is 6.12. The minimum Gasteiger partial charge on any atom is -0.326 e. The van der Waals surface area contributed by atoms with E-state index in [0.717, 1.165) is 12.6 Å². The summed E-state index contributed by atoms with van der Waals surface area (Å²) in [7, 11) is 0. The van der Waals surface area contributed by atoms with E-state index in [2.05, 4.69) is 35.2 Å². The first-order valence-electron chi connectivity index (χ1n) is 5.90. The van der Waals surface area contributed by atoms with Crippen LogP contribution < -0.4 is 5.73 Å². The molecule has 1 aromatic rings. The van der Waals surface area contributed by atoms with Gasteiger partial charge in [-0.25, -0.2) is 0 Å². The second-order valence-electron chi connectivity index (χ2n) is 4.86. The van der Waals surface area contributed by atoms with Crippen LogP contribution in [0.2, 0.25) is 0 Å². The number of fused-ring (bicyclic) bond motifs is 2. The zero-order chi connectivity index (χ0) is 10.3. The average molecular weight is 202 g/mol. The fourth-order valence-corrected chi connectivity index (χ4v) is 3.19. The van der Waals surface area contributed by atoms with E-state index in [1.165, 1.54) is 24.8 Å². The molecule has 0 saturated carbocycles. The molecule has 15 heavy (non-hydrogen) atoms. The number of hydrogen-bond donors (Lipinski definition) is 1. The molecule has 2 N–H and O–H groups in total. The van der Waals surface area contributed by atoms with Crippen molar-refractivity contribution in [2.24, 2.45) is 5.73 Å². The summed E-state index contributed by atoms with van der Waals surface area (Å²) in [6.45, 7) is 1.09. The van der Waals surface area contributed by atoms with Crippen LogP contribution in [0.3, 0.4) is 0 Å². The van der Waals surface area contributed by atoms with Crippen LogP contribution in [-0.4, -0.2) is 23.0 Å². The van der Waals surface area contributed by atoms with Crippen LogP contribution in [0.1, 0.15) is 24.8 Å². The molecule has 2 bridgehead atoms. The second kappa shape index (κ2) is 3.62. The maximum absolute atomic E-state index is 6.12. The number of nitrogens with two attached hydrogens (primary N) is 1. The third-order valence-corrected chi connectivity index (χ3v) is 3.94. The van der Waals surface area contributed by atoms with Crippen LogP contribution in [0.25, 0.3) is 0 Å². The Kier molecular flexibility index (Phi) is 2.26. The van der Waals surface area contributed by atoms with Crippen molar-refractivity contribution >= 4 is 0 Å². The van der Waals surface area contributed by atoms with E-state index in [-0.39, 0.29) is 0 Å². The van der Waals surface area contributed by atoms with Crippen LogP contribution >= 0.6 is 0 Å². The Morgan fingerprint density at radius 1 is 1.20 bits per heavy atom. The number of rotatable bonds is 2. The van der Waals surface area contributed by atoms with Gasteiger partial charge < -0.3 is 5.73 Å². The predicted octanol–water partition coefficient (Wildman–Crippen LogP) is 1.75. The van der Waals surface area contributed by atoms with Gasteiger partial charge in [-0.15, -0.1) is 0 Å². The Morgan fingerprint density at radius 2 is 2.00 bits per heavy atom. The molecule has 2 heteroatoms. The lowest BCUT2D eigenvalue weighted by atomic mass is 9.97. The Labute approximate surface area is 91.1 Å². The predicted molar refractivity (Wildman–Crippen MR) is 61.4 cm³/mol. The van der Waals surface area contributed by atoms with Crippen molar-refractivity contribution in [2.75, 3.05) is 0 Å². The third kappa shape index (κ3) is 1.58. The summed E-state index contributed by atoms with van der Waals surface area (Å²) in [5.41, 5.74) is 7.54. The van der Waals surface area contributed by atoms with Gasteiger partial charge in [0.2, 0.25) is 0 Å². The Bertz CT molecular complexity index is 336. The molecule has 0 spiro atoms. The lowest BCUT2D eigenvalue weighted by Crippen LogP contribution is -2.36. The van der Waals surface area contributed by atoms with Crippen LogP contribution in [0.4, 0.5) is 0 Å². The minimum atomic E-state index is 0.424. The molecular formula is C13H18N2. The molecule has 2 aliphatic rings. The molecule has 3 unspecified atom stereocenters. The summed E-state index contributed by atoms with van der Waals surface area (Å²) in [4.78, 5) is 2.61. The zero-order valence-electron chi connectivity index (χ0n) is 8.97. The molecular weight excluding hydrogens is 184 g/mol. The van der Waals surface area contributed by atoms with Gasteiger partial charge in [0.05, 0.1) is 0 Å². The molecule has 3 rings (SSSR count). The molecule has 80 valence electrons. The summed E-state index contributed by atoms with van der Waals surface area (Å²) < 4.78 is 0. The number of nitrogens with zero attached hydrogens (tertiary/aromatic N) is 1. The van der Waals surface area contributed by atoms with Crippen LogP contribution in [0, 0.1) is 0 Å². The third-order valence-electron chi connectivity index (χ3n) is 3.94. The molecule has 0 aliphatic carbocycles. The van der Waals surface area contributed by atoms with Crippen molar-refractivity contribution < 1.29 is 0 Å². The van der Waals surface area contributed by atoms with Crippen LogP contribution in [0.15, 0.2) is 30.3 Å². The highest BCUT2D eigenvalue weighted by molar-refractivity contribution is 5.16. The standard InChI is InChI=1S/C13H18N2/c14-12-8-11-6-7-13(12)15(11)9-10-4-2-1-3-5-10/h1-5,11-13H,6-9,14H2. The normalized spacial score (nSPS) is 34.9. The van der Waals surface area contributed by atoms with Crippen molar-refractivity contribution in [2.45, 2.75) is 43.9 Å². The Morgan fingerprint density at radius 3 is 2.60 bits per heavy atom. The van der Waals surface area contributed by atoms with Gasteiger partial charge in [0.1, 0.15) is 0 Å². The highest BCUT2D eigenvalue weighted by Gasteiger charge is 2.44. The van der Waals surface area contributed by atoms with Crippen LogP contribution in [-0.2, 0) is 6.54 Å². The van der Waals surface area contributed by atoms with E-state index in [1.807, 2.05) is 0 Å². The van der Waals surface area contributed by atoms with E-state index in [1.54, 1.807) is 0 Å². The summed E-state index contributed by atoms with van der Waals surface area (Å²) in [6, 6.07) is 12.6. The van der Waals surface area contributed by atoms with Crippen molar-refractivity contribution in [3.63, 3.8) is 0 Å². The van der Waals surface area contributed by atoms with Gasteiger partial charge in [-0.2, -0.15) is 0 Å². The Balaban J connectivity index is 1.75. The molecule has 0 aromatic heterocycles. The summed E-state index contributed by atoms with van der Waals surface area (Å²) >= 11 is 0. The fourth-order valence-electron chi connectivity index (χ4n) is 3.19. The SMILES string of the molecule is NC1CC2CCC1N2Cc1ccccc1. The largest absolute Gasteiger partial charge is 0.326 e. The molecule has 1 aromatic carbocycles. The molecule has 3 atom stereocenters. The van der Waals surface area contributed by atoms with Crippen molar-refractivity contribution in [3.8, 4) is 0 Å². The van der Waals surface area contributed by atoms with E-state index in [4.69, 9.17) is 5.73 Å².